The Kier molecular flexibility index (Phi) is 5.55. The van der Waals surface area contributed by atoms with Gasteiger partial charge in [-0.25, -0.2) is 4.98 Å². The Labute approximate surface area is 154 Å². The molecule has 1 aliphatic rings. The third-order valence-corrected chi connectivity index (χ3v) is 5.23. The highest BCUT2D eigenvalue weighted by Gasteiger charge is 2.43. The summed E-state index contributed by atoms with van der Waals surface area (Å²) in [6.07, 6.45) is -6.06. The number of hydrogen-bond donors (Lipinski definition) is 0. The fourth-order valence-corrected chi connectivity index (χ4v) is 3.95. The van der Waals surface area contributed by atoms with Crippen LogP contribution in [0.15, 0.2) is 18.2 Å². The van der Waals surface area contributed by atoms with Crippen molar-refractivity contribution in [3.8, 4) is 17.0 Å². The smallest absolute Gasteiger partial charge is 0.415 e. The van der Waals surface area contributed by atoms with Crippen LogP contribution < -0.4 is 4.74 Å². The second-order valence-electron chi connectivity index (χ2n) is 6.31. The summed E-state index contributed by atoms with van der Waals surface area (Å²) in [6, 6.07) is 5.69. The molecule has 1 atom stereocenters. The largest absolute Gasteiger partial charge is 0.496 e. The normalized spacial score (nSPS) is 18.9. The minimum absolute atomic E-state index is 0.0809. The molecule has 0 N–H and O–H groups in total. The van der Waals surface area contributed by atoms with Crippen LogP contribution in [-0.2, 0) is 11.3 Å². The number of methoxy groups -OCH3 is 1. The molecule has 0 amide bonds. The highest BCUT2D eigenvalue weighted by atomic mass is 32.1. The summed E-state index contributed by atoms with van der Waals surface area (Å²) >= 11 is 1.61. The number of morpholine rings is 1. The fourth-order valence-electron chi connectivity index (χ4n) is 3.12. The molecule has 1 unspecified atom stereocenters. The van der Waals surface area contributed by atoms with E-state index in [0.29, 0.717) is 18.8 Å². The Morgan fingerprint density at radius 2 is 2.12 bits per heavy atom. The molecule has 0 bridgehead atoms. The zero-order chi connectivity index (χ0) is 18.9. The van der Waals surface area contributed by atoms with E-state index in [2.05, 4.69) is 4.98 Å². The Hall–Kier alpha value is -1.64. The Bertz CT molecular complexity index is 776. The van der Waals surface area contributed by atoms with Crippen LogP contribution in [0.3, 0.4) is 0 Å². The van der Waals surface area contributed by atoms with Gasteiger partial charge in [0.05, 0.1) is 24.4 Å². The maximum Gasteiger partial charge on any atom is 0.415 e. The molecule has 8 heteroatoms. The third-order valence-electron chi connectivity index (χ3n) is 4.34. The van der Waals surface area contributed by atoms with Crippen LogP contribution >= 0.6 is 11.3 Å². The first-order valence-electron chi connectivity index (χ1n) is 8.30. The quantitative estimate of drug-likeness (QED) is 0.789. The van der Waals surface area contributed by atoms with Gasteiger partial charge in [0, 0.05) is 30.1 Å². The van der Waals surface area contributed by atoms with Crippen molar-refractivity contribution in [1.29, 1.82) is 0 Å². The predicted molar refractivity (Wildman–Crippen MR) is 94.6 cm³/mol. The second kappa shape index (κ2) is 7.54. The van der Waals surface area contributed by atoms with Gasteiger partial charge in [0.1, 0.15) is 5.75 Å². The van der Waals surface area contributed by atoms with Crippen LogP contribution in [0.4, 0.5) is 13.2 Å². The molecule has 1 aromatic heterocycles. The standard InChI is InChI=1S/C18H21F3N2O2S/c1-11-17(22-12(2)26-11)14-8-13(4-5-15(14)24-3)9-23-6-7-25-16(10-23)18(19,20)21/h4-5,8,16H,6-7,9-10H2,1-3H3. The topological polar surface area (TPSA) is 34.6 Å². The number of aryl methyl sites for hydroxylation is 2. The van der Waals surface area contributed by atoms with Crippen LogP contribution in [-0.4, -0.2) is 49.0 Å². The van der Waals surface area contributed by atoms with Gasteiger partial charge < -0.3 is 9.47 Å². The van der Waals surface area contributed by atoms with Crippen molar-refractivity contribution >= 4 is 11.3 Å². The average molecular weight is 386 g/mol. The third kappa shape index (κ3) is 4.19. The molecule has 1 saturated heterocycles. The summed E-state index contributed by atoms with van der Waals surface area (Å²) in [7, 11) is 1.60. The van der Waals surface area contributed by atoms with E-state index in [4.69, 9.17) is 9.47 Å². The van der Waals surface area contributed by atoms with Gasteiger partial charge in [-0.2, -0.15) is 13.2 Å². The molecule has 3 rings (SSSR count). The molecule has 1 aromatic carbocycles. The number of ether oxygens (including phenoxy) is 2. The van der Waals surface area contributed by atoms with Crippen molar-refractivity contribution in [1.82, 2.24) is 9.88 Å². The summed E-state index contributed by atoms with van der Waals surface area (Å²) < 4.78 is 49.0. The van der Waals surface area contributed by atoms with E-state index in [1.807, 2.05) is 32.0 Å². The van der Waals surface area contributed by atoms with Gasteiger partial charge in [-0.15, -0.1) is 11.3 Å². The first kappa shape index (κ1) is 19.1. The summed E-state index contributed by atoms with van der Waals surface area (Å²) in [5, 5.41) is 0.964. The highest BCUT2D eigenvalue weighted by Crippen LogP contribution is 2.35. The van der Waals surface area contributed by atoms with Crippen LogP contribution in [0.1, 0.15) is 15.4 Å². The molecule has 26 heavy (non-hydrogen) atoms. The molecule has 1 fully saturated rings. The molecule has 0 radical (unpaired) electrons. The van der Waals surface area contributed by atoms with Crippen molar-refractivity contribution in [2.45, 2.75) is 32.7 Å². The van der Waals surface area contributed by atoms with Gasteiger partial charge >= 0.3 is 6.18 Å². The molecule has 1 aliphatic heterocycles. The van der Waals surface area contributed by atoms with Gasteiger partial charge in [-0.05, 0) is 31.5 Å². The fraction of sp³-hybridized carbons (Fsp3) is 0.500. The number of aromatic nitrogens is 1. The van der Waals surface area contributed by atoms with Gasteiger partial charge in [0.15, 0.2) is 6.10 Å². The lowest BCUT2D eigenvalue weighted by atomic mass is 10.1. The number of alkyl halides is 3. The second-order valence-corrected chi connectivity index (χ2v) is 7.72. The predicted octanol–water partition coefficient (Wildman–Crippen LogP) is 4.20. The molecule has 142 valence electrons. The number of benzene rings is 1. The van der Waals surface area contributed by atoms with E-state index in [0.717, 1.165) is 26.7 Å². The number of nitrogens with zero attached hydrogens (tertiary/aromatic N) is 2. The molecule has 0 aliphatic carbocycles. The number of halogens is 3. The van der Waals surface area contributed by atoms with E-state index in [1.54, 1.807) is 23.3 Å². The van der Waals surface area contributed by atoms with E-state index in [1.165, 1.54) is 0 Å². The van der Waals surface area contributed by atoms with Crippen LogP contribution in [0, 0.1) is 13.8 Å². The number of hydrogen-bond acceptors (Lipinski definition) is 5. The summed E-state index contributed by atoms with van der Waals surface area (Å²) in [4.78, 5) is 7.43. The molecular weight excluding hydrogens is 365 g/mol. The van der Waals surface area contributed by atoms with Crippen LogP contribution in [0.25, 0.3) is 11.3 Å². The van der Waals surface area contributed by atoms with E-state index in [-0.39, 0.29) is 13.2 Å². The van der Waals surface area contributed by atoms with Gasteiger partial charge in [0.2, 0.25) is 0 Å². The lowest BCUT2D eigenvalue weighted by molar-refractivity contribution is -0.237. The molecule has 2 aromatic rings. The maximum atomic E-state index is 12.9. The van der Waals surface area contributed by atoms with Gasteiger partial charge in [-0.1, -0.05) is 6.07 Å². The molecule has 2 heterocycles. The van der Waals surface area contributed by atoms with Crippen molar-refractivity contribution in [3.05, 3.63) is 33.6 Å². The Balaban J connectivity index is 1.83. The molecular formula is C18H21F3N2O2S. The first-order chi connectivity index (χ1) is 12.3. The van der Waals surface area contributed by atoms with E-state index >= 15 is 0 Å². The monoisotopic (exact) mass is 386 g/mol. The summed E-state index contributed by atoms with van der Waals surface area (Å²) in [6.45, 7) is 4.78. The Morgan fingerprint density at radius 1 is 1.35 bits per heavy atom. The summed E-state index contributed by atoms with van der Waals surface area (Å²) in [5.74, 6) is 0.706. The van der Waals surface area contributed by atoms with Crippen LogP contribution in [0.5, 0.6) is 5.75 Å². The minimum atomic E-state index is -4.33. The van der Waals surface area contributed by atoms with Crippen molar-refractivity contribution in [2.75, 3.05) is 26.8 Å². The van der Waals surface area contributed by atoms with Crippen LogP contribution in [0.2, 0.25) is 0 Å². The van der Waals surface area contributed by atoms with Crippen molar-refractivity contribution in [2.24, 2.45) is 0 Å². The van der Waals surface area contributed by atoms with E-state index < -0.39 is 12.3 Å². The highest BCUT2D eigenvalue weighted by molar-refractivity contribution is 7.11. The zero-order valence-electron chi connectivity index (χ0n) is 14.9. The SMILES string of the molecule is COc1ccc(CN2CCOC(C(F)(F)F)C2)cc1-c1nc(C)sc1C. The van der Waals surface area contributed by atoms with Crippen molar-refractivity contribution < 1.29 is 22.6 Å². The lowest BCUT2D eigenvalue weighted by Crippen LogP contribution is -2.48. The number of thiazole rings is 1. The molecule has 0 saturated carbocycles. The maximum absolute atomic E-state index is 12.9. The first-order valence-corrected chi connectivity index (χ1v) is 9.11. The average Bonchev–Trinajstić information content (AvgIpc) is 2.92. The zero-order valence-corrected chi connectivity index (χ0v) is 15.7. The van der Waals surface area contributed by atoms with Crippen molar-refractivity contribution in [3.63, 3.8) is 0 Å². The minimum Gasteiger partial charge on any atom is -0.496 e. The summed E-state index contributed by atoms with van der Waals surface area (Å²) in [5.41, 5.74) is 2.66. The van der Waals surface area contributed by atoms with Gasteiger partial charge in [-0.3, -0.25) is 4.90 Å². The molecule has 0 spiro atoms. The Morgan fingerprint density at radius 3 is 2.73 bits per heavy atom. The van der Waals surface area contributed by atoms with Gasteiger partial charge in [0.25, 0.3) is 0 Å². The molecule has 4 nitrogen and oxygen atoms in total. The number of rotatable bonds is 4. The lowest BCUT2D eigenvalue weighted by Gasteiger charge is -2.33. The van der Waals surface area contributed by atoms with E-state index in [9.17, 15) is 13.2 Å².